The average Bonchev–Trinajstić information content (AvgIpc) is 3.23. The Labute approximate surface area is 188 Å². The molecule has 1 unspecified atom stereocenters. The van der Waals surface area contributed by atoms with Gasteiger partial charge in [-0.3, -0.25) is 4.99 Å². The molecule has 1 aromatic carbocycles. The zero-order chi connectivity index (χ0) is 18.5. The van der Waals surface area contributed by atoms with Gasteiger partial charge in [-0.15, -0.1) is 24.0 Å². The van der Waals surface area contributed by atoms with E-state index in [4.69, 9.17) is 23.2 Å². The van der Waals surface area contributed by atoms with Crippen LogP contribution in [0.2, 0.25) is 10.2 Å². The van der Waals surface area contributed by atoms with Gasteiger partial charge >= 0.3 is 0 Å². The van der Waals surface area contributed by atoms with Gasteiger partial charge < -0.3 is 20.1 Å². The number of rotatable bonds is 5. The Kier molecular flexibility index (Phi) is 8.57. The number of anilines is 1. The van der Waals surface area contributed by atoms with E-state index in [1.165, 1.54) is 12.1 Å². The Morgan fingerprint density at radius 2 is 1.96 bits per heavy atom. The van der Waals surface area contributed by atoms with Crippen LogP contribution in [0.3, 0.4) is 0 Å². The lowest BCUT2D eigenvalue weighted by Crippen LogP contribution is -2.40. The van der Waals surface area contributed by atoms with Crippen LogP contribution >= 0.6 is 47.2 Å². The molecule has 2 heterocycles. The third-order valence-corrected chi connectivity index (χ3v) is 5.68. The first-order valence-electron chi connectivity index (χ1n) is 8.82. The molecule has 1 saturated heterocycles. The molecular formula is C19H26Cl2IN5. The Bertz CT molecular complexity index is 763. The highest BCUT2D eigenvalue weighted by atomic mass is 127. The molecule has 0 radical (unpaired) electrons. The van der Waals surface area contributed by atoms with E-state index in [0.717, 1.165) is 31.3 Å². The molecule has 3 rings (SSSR count). The Morgan fingerprint density at radius 1 is 1.22 bits per heavy atom. The van der Waals surface area contributed by atoms with E-state index in [1.54, 1.807) is 7.05 Å². The fourth-order valence-corrected chi connectivity index (χ4v) is 3.68. The zero-order valence-electron chi connectivity index (χ0n) is 15.6. The molecule has 2 aromatic rings. The van der Waals surface area contributed by atoms with Crippen molar-refractivity contribution in [2.45, 2.75) is 13.0 Å². The third kappa shape index (κ3) is 5.68. The SMILES string of the molecule is CN=C(NCc1cc(Cl)c(Cl)n1C)NCC1CCN(c2ccccc2)C1.I. The summed E-state index contributed by atoms with van der Waals surface area (Å²) in [4.78, 5) is 6.75. The van der Waals surface area contributed by atoms with Gasteiger partial charge in [0.2, 0.25) is 0 Å². The number of halogens is 3. The van der Waals surface area contributed by atoms with Crippen LogP contribution in [-0.2, 0) is 13.6 Å². The Hall–Kier alpha value is -1.12. The molecule has 1 fully saturated rings. The maximum Gasteiger partial charge on any atom is 0.191 e. The summed E-state index contributed by atoms with van der Waals surface area (Å²) in [5.74, 6) is 1.39. The van der Waals surface area contributed by atoms with Gasteiger partial charge in [-0.05, 0) is 30.5 Å². The van der Waals surface area contributed by atoms with E-state index in [-0.39, 0.29) is 24.0 Å². The van der Waals surface area contributed by atoms with Gasteiger partial charge in [0.1, 0.15) is 5.15 Å². The molecule has 0 saturated carbocycles. The van der Waals surface area contributed by atoms with E-state index in [9.17, 15) is 0 Å². The lowest BCUT2D eigenvalue weighted by atomic mass is 10.1. The highest BCUT2D eigenvalue weighted by Crippen LogP contribution is 2.25. The number of aliphatic imine (C=N–C) groups is 1. The molecule has 0 aliphatic carbocycles. The molecule has 1 atom stereocenters. The molecule has 0 spiro atoms. The predicted octanol–water partition coefficient (Wildman–Crippen LogP) is 4.14. The lowest BCUT2D eigenvalue weighted by Gasteiger charge is -2.19. The number of hydrogen-bond donors (Lipinski definition) is 2. The third-order valence-electron chi connectivity index (χ3n) is 4.84. The summed E-state index contributed by atoms with van der Waals surface area (Å²) in [6.07, 6.45) is 1.18. The van der Waals surface area contributed by atoms with Crippen LogP contribution in [0.1, 0.15) is 12.1 Å². The second-order valence-electron chi connectivity index (χ2n) is 6.58. The molecule has 0 bridgehead atoms. The highest BCUT2D eigenvalue weighted by molar-refractivity contribution is 14.0. The van der Waals surface area contributed by atoms with Crippen molar-refractivity contribution in [2.75, 3.05) is 31.6 Å². The van der Waals surface area contributed by atoms with Crippen LogP contribution in [0.15, 0.2) is 41.4 Å². The summed E-state index contributed by atoms with van der Waals surface area (Å²) >= 11 is 12.2. The largest absolute Gasteiger partial charge is 0.371 e. The van der Waals surface area contributed by atoms with E-state index >= 15 is 0 Å². The maximum absolute atomic E-state index is 6.11. The van der Waals surface area contributed by atoms with E-state index in [0.29, 0.717) is 22.6 Å². The molecule has 1 aliphatic rings. The molecule has 27 heavy (non-hydrogen) atoms. The van der Waals surface area contributed by atoms with Crippen LogP contribution in [-0.4, -0.2) is 37.2 Å². The summed E-state index contributed by atoms with van der Waals surface area (Å²) in [5, 5.41) is 7.88. The van der Waals surface area contributed by atoms with Crippen LogP contribution in [0.4, 0.5) is 5.69 Å². The predicted molar refractivity (Wildman–Crippen MR) is 126 cm³/mol. The number of hydrogen-bond acceptors (Lipinski definition) is 2. The normalized spacial score (nSPS) is 17.0. The smallest absolute Gasteiger partial charge is 0.191 e. The van der Waals surface area contributed by atoms with Crippen molar-refractivity contribution in [1.82, 2.24) is 15.2 Å². The van der Waals surface area contributed by atoms with Crippen molar-refractivity contribution in [3.63, 3.8) is 0 Å². The summed E-state index contributed by atoms with van der Waals surface area (Å²) in [7, 11) is 3.68. The summed E-state index contributed by atoms with van der Waals surface area (Å²) in [6, 6.07) is 12.5. The van der Waals surface area contributed by atoms with Gasteiger partial charge in [0.05, 0.1) is 11.6 Å². The molecule has 148 valence electrons. The standard InChI is InChI=1S/C19H25Cl2N5.HI/c1-22-19(24-12-16-10-17(20)18(21)25(16)2)23-11-14-8-9-26(13-14)15-6-4-3-5-7-15;/h3-7,10,14H,8-9,11-13H2,1-2H3,(H2,22,23,24);1H. The maximum atomic E-state index is 6.11. The number of nitrogens with zero attached hydrogens (tertiary/aromatic N) is 3. The minimum absolute atomic E-state index is 0. The fourth-order valence-electron chi connectivity index (χ4n) is 3.27. The topological polar surface area (TPSA) is 44.6 Å². The minimum Gasteiger partial charge on any atom is -0.371 e. The average molecular weight is 522 g/mol. The summed E-state index contributed by atoms with van der Waals surface area (Å²) in [5.41, 5.74) is 2.31. The number of guanidine groups is 1. The number of para-hydroxylation sites is 1. The van der Waals surface area contributed by atoms with Crippen molar-refractivity contribution >= 4 is 58.8 Å². The second kappa shape index (κ2) is 10.4. The monoisotopic (exact) mass is 521 g/mol. The molecule has 0 amide bonds. The van der Waals surface area contributed by atoms with Gasteiger partial charge in [-0.25, -0.2) is 0 Å². The minimum atomic E-state index is 0. The van der Waals surface area contributed by atoms with Crippen LogP contribution < -0.4 is 15.5 Å². The van der Waals surface area contributed by atoms with Gasteiger partial charge in [-0.2, -0.15) is 0 Å². The summed E-state index contributed by atoms with van der Waals surface area (Å²) in [6.45, 7) is 3.68. The fraction of sp³-hybridized carbons (Fsp3) is 0.421. The lowest BCUT2D eigenvalue weighted by molar-refractivity contribution is 0.565. The van der Waals surface area contributed by atoms with Crippen LogP contribution in [0, 0.1) is 5.92 Å². The first-order chi connectivity index (χ1) is 12.6. The van der Waals surface area contributed by atoms with E-state index < -0.39 is 0 Å². The van der Waals surface area contributed by atoms with Crippen LogP contribution in [0.5, 0.6) is 0 Å². The molecule has 8 heteroatoms. The van der Waals surface area contributed by atoms with Gasteiger partial charge in [-0.1, -0.05) is 41.4 Å². The quantitative estimate of drug-likeness (QED) is 0.353. The Balaban J connectivity index is 0.00000261. The first-order valence-corrected chi connectivity index (χ1v) is 9.58. The van der Waals surface area contributed by atoms with Crippen molar-refractivity contribution in [1.29, 1.82) is 0 Å². The van der Waals surface area contributed by atoms with Gasteiger partial charge in [0.15, 0.2) is 5.96 Å². The van der Waals surface area contributed by atoms with Gasteiger partial charge in [0.25, 0.3) is 0 Å². The number of nitrogens with one attached hydrogen (secondary N) is 2. The molecule has 5 nitrogen and oxygen atoms in total. The molecule has 2 N–H and O–H groups in total. The zero-order valence-corrected chi connectivity index (χ0v) is 19.4. The first kappa shape index (κ1) is 22.2. The van der Waals surface area contributed by atoms with Gasteiger partial charge in [0, 0.05) is 45.1 Å². The van der Waals surface area contributed by atoms with Crippen molar-refractivity contribution in [3.8, 4) is 0 Å². The molecule has 1 aliphatic heterocycles. The Morgan fingerprint density at radius 3 is 2.59 bits per heavy atom. The van der Waals surface area contributed by atoms with Crippen molar-refractivity contribution < 1.29 is 0 Å². The van der Waals surface area contributed by atoms with E-state index in [1.807, 2.05) is 17.7 Å². The number of benzene rings is 1. The molecule has 1 aromatic heterocycles. The second-order valence-corrected chi connectivity index (χ2v) is 7.34. The van der Waals surface area contributed by atoms with Crippen LogP contribution in [0.25, 0.3) is 0 Å². The highest BCUT2D eigenvalue weighted by Gasteiger charge is 2.22. The van der Waals surface area contributed by atoms with Crippen molar-refractivity contribution in [2.24, 2.45) is 18.0 Å². The number of aromatic nitrogens is 1. The van der Waals surface area contributed by atoms with Crippen molar-refractivity contribution in [3.05, 3.63) is 52.3 Å². The molecular weight excluding hydrogens is 496 g/mol. The van der Waals surface area contributed by atoms with E-state index in [2.05, 4.69) is 50.9 Å². The summed E-state index contributed by atoms with van der Waals surface area (Å²) < 4.78 is 1.87.